The Morgan fingerprint density at radius 2 is 2.00 bits per heavy atom. The molecule has 1 N–H and O–H groups in total. The number of hydrogen-bond donors (Lipinski definition) is 1. The van der Waals surface area contributed by atoms with Gasteiger partial charge in [-0.05, 0) is 30.7 Å². The van der Waals surface area contributed by atoms with E-state index in [1.165, 1.54) is 4.88 Å². The highest BCUT2D eigenvalue weighted by atomic mass is 32.1. The minimum Gasteiger partial charge on any atom is -0.310 e. The van der Waals surface area contributed by atoms with E-state index in [1.54, 1.807) is 17.4 Å². The Morgan fingerprint density at radius 3 is 2.67 bits per heavy atom. The van der Waals surface area contributed by atoms with Crippen LogP contribution in [0.3, 0.4) is 0 Å². The molecule has 0 aliphatic heterocycles. The van der Waals surface area contributed by atoms with Crippen molar-refractivity contribution >= 4 is 11.3 Å². The van der Waals surface area contributed by atoms with Gasteiger partial charge in [-0.15, -0.1) is 11.3 Å². The molecule has 0 radical (unpaired) electrons. The van der Waals surface area contributed by atoms with Gasteiger partial charge in [0.2, 0.25) is 0 Å². The van der Waals surface area contributed by atoms with Crippen molar-refractivity contribution in [3.05, 3.63) is 46.6 Å². The fourth-order valence-electron chi connectivity index (χ4n) is 1.74. The normalized spacial score (nSPS) is 11.2. The molecule has 0 amide bonds. The summed E-state index contributed by atoms with van der Waals surface area (Å²) in [4.78, 5) is 2.23. The molecule has 0 unspecified atom stereocenters. The summed E-state index contributed by atoms with van der Waals surface area (Å²) >= 11 is 1.65. The molecule has 1 aromatic carbocycles. The molecular formula is C15H18FNS. The summed E-state index contributed by atoms with van der Waals surface area (Å²) in [6, 6.07) is 9.91. The Labute approximate surface area is 112 Å². The van der Waals surface area contributed by atoms with Crippen LogP contribution >= 0.6 is 11.3 Å². The molecule has 2 rings (SSSR count). The minimum absolute atomic E-state index is 0.139. The van der Waals surface area contributed by atoms with Gasteiger partial charge in [-0.3, -0.25) is 0 Å². The lowest BCUT2D eigenvalue weighted by atomic mass is 10.1. The second-order valence-electron chi connectivity index (χ2n) is 4.78. The number of halogens is 1. The maximum atomic E-state index is 13.9. The summed E-state index contributed by atoms with van der Waals surface area (Å²) in [7, 11) is 0. The van der Waals surface area contributed by atoms with Gasteiger partial charge in [0.15, 0.2) is 0 Å². The quantitative estimate of drug-likeness (QED) is 0.864. The molecular weight excluding hydrogens is 245 g/mol. The Kier molecular flexibility index (Phi) is 4.15. The zero-order valence-electron chi connectivity index (χ0n) is 11.0. The highest BCUT2D eigenvalue weighted by Crippen LogP contribution is 2.30. The van der Waals surface area contributed by atoms with Gasteiger partial charge in [0.05, 0.1) is 0 Å². The zero-order chi connectivity index (χ0) is 13.1. The third-order valence-corrected chi connectivity index (χ3v) is 3.85. The lowest BCUT2D eigenvalue weighted by molar-refractivity contribution is 0.593. The molecule has 1 aromatic heterocycles. The molecule has 0 bridgehead atoms. The van der Waals surface area contributed by atoms with Gasteiger partial charge in [-0.2, -0.15) is 0 Å². The molecule has 0 atom stereocenters. The average Bonchev–Trinajstić information content (AvgIpc) is 2.75. The molecule has 0 fully saturated rings. The third kappa shape index (κ3) is 3.18. The topological polar surface area (TPSA) is 12.0 Å². The number of nitrogens with one attached hydrogen (secondary N) is 1. The summed E-state index contributed by atoms with van der Waals surface area (Å²) in [5.74, 6) is -0.139. The van der Waals surface area contributed by atoms with Gasteiger partial charge in [-0.25, -0.2) is 4.39 Å². The zero-order valence-corrected chi connectivity index (χ0v) is 11.8. The maximum absolute atomic E-state index is 13.9. The summed E-state index contributed by atoms with van der Waals surface area (Å²) in [6.07, 6.45) is 0. The number of hydrogen-bond acceptors (Lipinski definition) is 2. The predicted octanol–water partition coefficient (Wildman–Crippen LogP) is 4.36. The van der Waals surface area contributed by atoms with E-state index >= 15 is 0 Å². The van der Waals surface area contributed by atoms with Crippen LogP contribution in [0.5, 0.6) is 0 Å². The van der Waals surface area contributed by atoms with E-state index in [9.17, 15) is 4.39 Å². The largest absolute Gasteiger partial charge is 0.310 e. The number of rotatable bonds is 4. The standard InChI is InChI=1S/C15H18FNS/c1-10(2)17-9-12-5-7-15(18-12)13-6-4-11(3)8-14(13)16/h4-8,10,17H,9H2,1-3H3. The number of benzene rings is 1. The average molecular weight is 263 g/mol. The van der Waals surface area contributed by atoms with Crippen molar-refractivity contribution in [1.82, 2.24) is 5.32 Å². The van der Waals surface area contributed by atoms with E-state index in [4.69, 9.17) is 0 Å². The highest BCUT2D eigenvalue weighted by molar-refractivity contribution is 7.15. The molecule has 3 heteroatoms. The fraction of sp³-hybridized carbons (Fsp3) is 0.333. The molecule has 0 aliphatic carbocycles. The summed E-state index contributed by atoms with van der Waals surface area (Å²) in [5.41, 5.74) is 1.65. The van der Waals surface area contributed by atoms with Crippen LogP contribution in [0.25, 0.3) is 10.4 Å². The van der Waals surface area contributed by atoms with Crippen LogP contribution in [0.15, 0.2) is 30.3 Å². The SMILES string of the molecule is Cc1ccc(-c2ccc(CNC(C)C)s2)c(F)c1. The van der Waals surface area contributed by atoms with Crippen molar-refractivity contribution in [2.45, 2.75) is 33.4 Å². The van der Waals surface area contributed by atoms with Crippen molar-refractivity contribution in [3.63, 3.8) is 0 Å². The van der Waals surface area contributed by atoms with Crippen LogP contribution in [0, 0.1) is 12.7 Å². The van der Waals surface area contributed by atoms with Gasteiger partial charge in [-0.1, -0.05) is 26.0 Å². The monoisotopic (exact) mass is 263 g/mol. The molecule has 0 spiro atoms. The minimum atomic E-state index is -0.139. The van der Waals surface area contributed by atoms with E-state index in [0.717, 1.165) is 17.0 Å². The molecule has 2 aromatic rings. The Balaban J connectivity index is 2.18. The second kappa shape index (κ2) is 5.63. The highest BCUT2D eigenvalue weighted by Gasteiger charge is 2.08. The number of aryl methyl sites for hydroxylation is 1. The van der Waals surface area contributed by atoms with Gasteiger partial charge in [0.1, 0.15) is 5.82 Å². The summed E-state index contributed by atoms with van der Waals surface area (Å²) in [5, 5.41) is 3.37. The van der Waals surface area contributed by atoms with E-state index in [-0.39, 0.29) is 5.82 Å². The van der Waals surface area contributed by atoms with Crippen LogP contribution in [-0.2, 0) is 6.54 Å². The maximum Gasteiger partial charge on any atom is 0.132 e. The van der Waals surface area contributed by atoms with E-state index in [0.29, 0.717) is 11.6 Å². The molecule has 0 aliphatic rings. The first-order valence-electron chi connectivity index (χ1n) is 6.15. The third-order valence-electron chi connectivity index (χ3n) is 2.74. The molecule has 1 heterocycles. The fourth-order valence-corrected chi connectivity index (χ4v) is 2.73. The van der Waals surface area contributed by atoms with Gasteiger partial charge < -0.3 is 5.32 Å². The molecule has 96 valence electrons. The first kappa shape index (κ1) is 13.2. The summed E-state index contributed by atoms with van der Waals surface area (Å²) < 4.78 is 13.9. The van der Waals surface area contributed by atoms with Crippen molar-refractivity contribution < 1.29 is 4.39 Å². The smallest absolute Gasteiger partial charge is 0.132 e. The van der Waals surface area contributed by atoms with Gasteiger partial charge in [0.25, 0.3) is 0 Å². The van der Waals surface area contributed by atoms with Crippen LogP contribution in [0.4, 0.5) is 4.39 Å². The Bertz CT molecular complexity index is 531. The Morgan fingerprint density at radius 1 is 1.22 bits per heavy atom. The van der Waals surface area contributed by atoms with Gasteiger partial charge in [0, 0.05) is 27.9 Å². The van der Waals surface area contributed by atoms with Crippen LogP contribution in [0.2, 0.25) is 0 Å². The van der Waals surface area contributed by atoms with Crippen LogP contribution in [-0.4, -0.2) is 6.04 Å². The lowest BCUT2D eigenvalue weighted by Gasteiger charge is -2.05. The first-order valence-corrected chi connectivity index (χ1v) is 6.96. The van der Waals surface area contributed by atoms with Crippen molar-refractivity contribution in [2.24, 2.45) is 0 Å². The van der Waals surface area contributed by atoms with E-state index < -0.39 is 0 Å². The molecule has 18 heavy (non-hydrogen) atoms. The van der Waals surface area contributed by atoms with Crippen LogP contribution in [0.1, 0.15) is 24.3 Å². The number of thiophene rings is 1. The van der Waals surface area contributed by atoms with E-state index in [1.807, 2.05) is 25.1 Å². The second-order valence-corrected chi connectivity index (χ2v) is 5.95. The first-order chi connectivity index (χ1) is 8.56. The van der Waals surface area contributed by atoms with Crippen molar-refractivity contribution in [1.29, 1.82) is 0 Å². The molecule has 0 saturated carbocycles. The van der Waals surface area contributed by atoms with Gasteiger partial charge >= 0.3 is 0 Å². The molecule has 1 nitrogen and oxygen atoms in total. The van der Waals surface area contributed by atoms with Crippen molar-refractivity contribution in [2.75, 3.05) is 0 Å². The lowest BCUT2D eigenvalue weighted by Crippen LogP contribution is -2.21. The van der Waals surface area contributed by atoms with E-state index in [2.05, 4.69) is 25.2 Å². The van der Waals surface area contributed by atoms with Crippen LogP contribution < -0.4 is 5.32 Å². The predicted molar refractivity (Wildman–Crippen MR) is 76.4 cm³/mol. The Hall–Kier alpha value is -1.19. The molecule has 0 saturated heterocycles. The summed E-state index contributed by atoms with van der Waals surface area (Å²) in [6.45, 7) is 6.98. The van der Waals surface area contributed by atoms with Crippen molar-refractivity contribution in [3.8, 4) is 10.4 Å².